The third-order valence-electron chi connectivity index (χ3n) is 2.84. The molecule has 6 heteroatoms. The van der Waals surface area contributed by atoms with Crippen LogP contribution < -0.4 is 5.32 Å². The van der Waals surface area contributed by atoms with E-state index >= 15 is 0 Å². The number of nitrogens with zero attached hydrogens (tertiary/aromatic N) is 5. The summed E-state index contributed by atoms with van der Waals surface area (Å²) in [5, 5.41) is 7.63. The standard InChI is InChI=1S/C12H14N6/c1-13-7-10-8-18-12(15-10)17(2)11(16-18)9-3-5-14-6-4-9/h3-6,8,13H,7H2,1-2H3. The van der Waals surface area contributed by atoms with E-state index in [1.165, 1.54) is 0 Å². The first-order chi connectivity index (χ1) is 8.79. The van der Waals surface area contributed by atoms with E-state index in [0.29, 0.717) is 0 Å². The third-order valence-corrected chi connectivity index (χ3v) is 2.84. The van der Waals surface area contributed by atoms with Crippen molar-refractivity contribution in [1.82, 2.24) is 29.5 Å². The topological polar surface area (TPSA) is 60.0 Å². The SMILES string of the molecule is CNCc1cn2nc(-c3ccncc3)n(C)c2n1. The van der Waals surface area contributed by atoms with Crippen molar-refractivity contribution in [2.45, 2.75) is 6.54 Å². The van der Waals surface area contributed by atoms with Gasteiger partial charge in [-0.2, -0.15) is 0 Å². The molecule has 0 fully saturated rings. The smallest absolute Gasteiger partial charge is 0.232 e. The van der Waals surface area contributed by atoms with E-state index in [4.69, 9.17) is 0 Å². The molecule has 0 unspecified atom stereocenters. The predicted octanol–water partition coefficient (Wildman–Crippen LogP) is 0.849. The Kier molecular flexibility index (Phi) is 2.56. The molecule has 0 aliphatic rings. The molecule has 18 heavy (non-hydrogen) atoms. The van der Waals surface area contributed by atoms with E-state index in [9.17, 15) is 0 Å². The fourth-order valence-electron chi connectivity index (χ4n) is 1.99. The van der Waals surface area contributed by atoms with Crippen LogP contribution in [0.4, 0.5) is 0 Å². The quantitative estimate of drug-likeness (QED) is 0.739. The molecular formula is C12H14N6. The lowest BCUT2D eigenvalue weighted by molar-refractivity contribution is 0.792. The molecule has 6 nitrogen and oxygen atoms in total. The number of hydrogen-bond donors (Lipinski definition) is 1. The van der Waals surface area contributed by atoms with E-state index in [-0.39, 0.29) is 0 Å². The number of fused-ring (bicyclic) bond motifs is 1. The van der Waals surface area contributed by atoms with E-state index < -0.39 is 0 Å². The molecule has 0 aliphatic heterocycles. The van der Waals surface area contributed by atoms with Crippen LogP contribution in [-0.4, -0.2) is 31.2 Å². The normalized spacial score (nSPS) is 11.2. The Morgan fingerprint density at radius 1 is 1.28 bits per heavy atom. The number of nitrogens with one attached hydrogen (secondary N) is 1. The third kappa shape index (κ3) is 1.67. The summed E-state index contributed by atoms with van der Waals surface area (Å²) in [6, 6.07) is 3.88. The van der Waals surface area contributed by atoms with E-state index in [0.717, 1.165) is 29.4 Å². The lowest BCUT2D eigenvalue weighted by Gasteiger charge is -1.99. The first-order valence-electron chi connectivity index (χ1n) is 5.75. The molecule has 0 radical (unpaired) electrons. The molecule has 3 heterocycles. The van der Waals surface area contributed by atoms with Gasteiger partial charge in [0, 0.05) is 31.5 Å². The number of pyridine rings is 1. The Balaban J connectivity index is 2.10. The van der Waals surface area contributed by atoms with Crippen LogP contribution in [0.2, 0.25) is 0 Å². The second-order valence-electron chi connectivity index (χ2n) is 4.13. The number of aromatic nitrogens is 5. The fourth-order valence-corrected chi connectivity index (χ4v) is 1.99. The minimum absolute atomic E-state index is 0.744. The number of rotatable bonds is 3. The number of imidazole rings is 1. The Labute approximate surface area is 104 Å². The molecule has 0 bridgehead atoms. The van der Waals surface area contributed by atoms with Crippen molar-refractivity contribution in [3.8, 4) is 11.4 Å². The predicted molar refractivity (Wildman–Crippen MR) is 68.0 cm³/mol. The lowest BCUT2D eigenvalue weighted by atomic mass is 10.2. The van der Waals surface area contributed by atoms with Crippen LogP contribution in [0, 0.1) is 0 Å². The van der Waals surface area contributed by atoms with Gasteiger partial charge in [0.05, 0.1) is 11.9 Å². The minimum Gasteiger partial charge on any atom is -0.314 e. The molecule has 92 valence electrons. The van der Waals surface area contributed by atoms with Crippen LogP contribution in [-0.2, 0) is 13.6 Å². The van der Waals surface area contributed by atoms with Gasteiger partial charge < -0.3 is 5.32 Å². The van der Waals surface area contributed by atoms with Crippen LogP contribution in [0.25, 0.3) is 17.2 Å². The van der Waals surface area contributed by atoms with Crippen molar-refractivity contribution in [2.24, 2.45) is 7.05 Å². The van der Waals surface area contributed by atoms with Crippen LogP contribution in [0.3, 0.4) is 0 Å². The maximum absolute atomic E-state index is 4.55. The van der Waals surface area contributed by atoms with Gasteiger partial charge in [0.25, 0.3) is 0 Å². The zero-order valence-corrected chi connectivity index (χ0v) is 10.3. The van der Waals surface area contributed by atoms with Gasteiger partial charge in [0.1, 0.15) is 0 Å². The second kappa shape index (κ2) is 4.23. The van der Waals surface area contributed by atoms with Crippen molar-refractivity contribution in [3.63, 3.8) is 0 Å². The lowest BCUT2D eigenvalue weighted by Crippen LogP contribution is -2.05. The average Bonchev–Trinajstić information content (AvgIpc) is 2.91. The van der Waals surface area contributed by atoms with Gasteiger partial charge in [-0.1, -0.05) is 0 Å². The maximum Gasteiger partial charge on any atom is 0.232 e. The van der Waals surface area contributed by atoms with Crippen molar-refractivity contribution in [2.75, 3.05) is 7.05 Å². The largest absolute Gasteiger partial charge is 0.314 e. The zero-order chi connectivity index (χ0) is 12.5. The highest BCUT2D eigenvalue weighted by Gasteiger charge is 2.12. The zero-order valence-electron chi connectivity index (χ0n) is 10.3. The molecule has 3 aromatic rings. The van der Waals surface area contributed by atoms with E-state index in [2.05, 4.69) is 20.4 Å². The first-order valence-corrected chi connectivity index (χ1v) is 5.75. The van der Waals surface area contributed by atoms with Crippen molar-refractivity contribution < 1.29 is 0 Å². The fraction of sp³-hybridized carbons (Fsp3) is 0.250. The molecule has 0 aromatic carbocycles. The summed E-state index contributed by atoms with van der Waals surface area (Å²) in [6.07, 6.45) is 5.47. The summed E-state index contributed by atoms with van der Waals surface area (Å²) in [4.78, 5) is 8.55. The van der Waals surface area contributed by atoms with E-state index in [1.807, 2.05) is 41.5 Å². The summed E-state index contributed by atoms with van der Waals surface area (Å²) in [5.41, 5.74) is 2.02. The van der Waals surface area contributed by atoms with Crippen LogP contribution >= 0.6 is 0 Å². The Bertz CT molecular complexity index is 667. The summed E-state index contributed by atoms with van der Waals surface area (Å²) in [6.45, 7) is 0.744. The summed E-state index contributed by atoms with van der Waals surface area (Å²) in [5.74, 6) is 1.72. The van der Waals surface area contributed by atoms with Gasteiger partial charge in [0.2, 0.25) is 5.78 Å². The Morgan fingerprint density at radius 3 is 2.72 bits per heavy atom. The van der Waals surface area contributed by atoms with Crippen molar-refractivity contribution in [1.29, 1.82) is 0 Å². The molecule has 0 atom stereocenters. The average molecular weight is 242 g/mol. The molecule has 0 saturated heterocycles. The molecule has 0 spiro atoms. The van der Waals surface area contributed by atoms with Crippen LogP contribution in [0.1, 0.15) is 5.69 Å². The number of aryl methyl sites for hydroxylation is 1. The highest BCUT2D eigenvalue weighted by molar-refractivity contribution is 5.57. The van der Waals surface area contributed by atoms with Gasteiger partial charge in [-0.05, 0) is 19.2 Å². The monoisotopic (exact) mass is 242 g/mol. The number of hydrogen-bond acceptors (Lipinski definition) is 4. The van der Waals surface area contributed by atoms with E-state index in [1.54, 1.807) is 12.4 Å². The van der Waals surface area contributed by atoms with Crippen LogP contribution in [0.15, 0.2) is 30.7 Å². The van der Waals surface area contributed by atoms with Gasteiger partial charge >= 0.3 is 0 Å². The maximum atomic E-state index is 4.55. The molecule has 0 aliphatic carbocycles. The summed E-state index contributed by atoms with van der Waals surface area (Å²) >= 11 is 0. The van der Waals surface area contributed by atoms with Gasteiger partial charge in [-0.15, -0.1) is 5.10 Å². The highest BCUT2D eigenvalue weighted by Crippen LogP contribution is 2.18. The molecule has 3 rings (SSSR count). The Morgan fingerprint density at radius 2 is 2.06 bits per heavy atom. The summed E-state index contributed by atoms with van der Waals surface area (Å²) in [7, 11) is 3.87. The summed E-state index contributed by atoms with van der Waals surface area (Å²) < 4.78 is 3.79. The molecular weight excluding hydrogens is 228 g/mol. The van der Waals surface area contributed by atoms with Crippen molar-refractivity contribution >= 4 is 5.78 Å². The molecule has 3 aromatic heterocycles. The van der Waals surface area contributed by atoms with Crippen molar-refractivity contribution in [3.05, 3.63) is 36.4 Å². The molecule has 0 amide bonds. The molecule has 0 saturated carbocycles. The van der Waals surface area contributed by atoms with Gasteiger partial charge in [-0.25, -0.2) is 9.50 Å². The first kappa shape index (κ1) is 10.9. The molecule has 1 N–H and O–H groups in total. The van der Waals surface area contributed by atoms with Gasteiger partial charge in [-0.3, -0.25) is 9.55 Å². The van der Waals surface area contributed by atoms with Gasteiger partial charge in [0.15, 0.2) is 5.82 Å². The Hall–Kier alpha value is -2.21. The van der Waals surface area contributed by atoms with Crippen LogP contribution in [0.5, 0.6) is 0 Å². The highest BCUT2D eigenvalue weighted by atomic mass is 15.4. The second-order valence-corrected chi connectivity index (χ2v) is 4.13. The minimum atomic E-state index is 0.744.